The van der Waals surface area contributed by atoms with Gasteiger partial charge in [0.05, 0.1) is 11.1 Å². The summed E-state index contributed by atoms with van der Waals surface area (Å²) in [5, 5.41) is 0. The highest BCUT2D eigenvalue weighted by Gasteiger charge is 2.30. The van der Waals surface area contributed by atoms with Gasteiger partial charge in [0.2, 0.25) is 5.78 Å². The van der Waals surface area contributed by atoms with E-state index < -0.39 is 5.91 Å². The molecule has 2 N–H and O–H groups in total. The number of benzene rings is 3. The smallest absolute Gasteiger partial charge is 0.253 e. The Balaban J connectivity index is 1.26. The van der Waals surface area contributed by atoms with Gasteiger partial charge in [0.25, 0.3) is 11.8 Å². The third-order valence-electron chi connectivity index (χ3n) is 6.10. The first-order valence-corrected chi connectivity index (χ1v) is 11.1. The van der Waals surface area contributed by atoms with Gasteiger partial charge in [0, 0.05) is 37.4 Å². The number of Topliss-reactive ketones (excluding diaryl/α,β-unsaturated/α-hetero) is 1. The van der Waals surface area contributed by atoms with Crippen molar-refractivity contribution in [3.8, 4) is 5.75 Å². The maximum absolute atomic E-state index is 13.0. The molecule has 3 aromatic carbocycles. The minimum Gasteiger partial charge on any atom is -0.452 e. The van der Waals surface area contributed by atoms with Gasteiger partial charge in [0.1, 0.15) is 0 Å². The number of anilines is 1. The number of amides is 2. The molecule has 0 aliphatic carbocycles. The summed E-state index contributed by atoms with van der Waals surface area (Å²) in [5.74, 6) is -0.681. The number of nitrogens with two attached hydrogens (primary N) is 1. The maximum Gasteiger partial charge on any atom is 0.253 e. The molecule has 5 rings (SSSR count). The zero-order chi connectivity index (χ0) is 23.7. The number of allylic oxidation sites excluding steroid dienone is 1. The largest absolute Gasteiger partial charge is 0.452 e. The van der Waals surface area contributed by atoms with Crippen molar-refractivity contribution in [1.82, 2.24) is 4.90 Å². The molecule has 0 atom stereocenters. The number of primary amides is 1. The van der Waals surface area contributed by atoms with Crippen LogP contribution >= 0.6 is 0 Å². The van der Waals surface area contributed by atoms with E-state index >= 15 is 0 Å². The van der Waals surface area contributed by atoms with Crippen molar-refractivity contribution in [2.45, 2.75) is 0 Å². The average molecular weight is 453 g/mol. The third kappa shape index (κ3) is 4.03. The summed E-state index contributed by atoms with van der Waals surface area (Å²) in [4.78, 5) is 41.4. The molecule has 0 bridgehead atoms. The van der Waals surface area contributed by atoms with E-state index in [-0.39, 0.29) is 28.8 Å². The molecule has 7 nitrogen and oxygen atoms in total. The third-order valence-corrected chi connectivity index (χ3v) is 6.10. The number of piperazine rings is 1. The van der Waals surface area contributed by atoms with Gasteiger partial charge in [0.15, 0.2) is 11.5 Å². The summed E-state index contributed by atoms with van der Waals surface area (Å²) in [6, 6.07) is 22.0. The van der Waals surface area contributed by atoms with Gasteiger partial charge < -0.3 is 20.3 Å². The standard InChI is InChI=1S/C27H23N3O4/c28-26(32)22-8-4-7-21-24(31)23(34-25(21)22)17-18-9-11-19(12-10-18)27(33)30-15-13-29(14-16-30)20-5-2-1-3-6-20/h1-12,17H,13-16H2,(H2,28,32)/b23-17-. The van der Waals surface area contributed by atoms with Crippen LogP contribution in [0.1, 0.15) is 36.6 Å². The molecule has 0 aromatic heterocycles. The number of rotatable bonds is 4. The summed E-state index contributed by atoms with van der Waals surface area (Å²) in [6.45, 7) is 2.88. The summed E-state index contributed by atoms with van der Waals surface area (Å²) >= 11 is 0. The molecule has 3 aromatic rings. The highest BCUT2D eigenvalue weighted by atomic mass is 16.5. The Hall–Kier alpha value is -4.39. The Labute approximate surface area is 197 Å². The van der Waals surface area contributed by atoms with Crippen LogP contribution in [0.2, 0.25) is 0 Å². The van der Waals surface area contributed by atoms with Crippen LogP contribution < -0.4 is 15.4 Å². The highest BCUT2D eigenvalue weighted by molar-refractivity contribution is 6.16. The number of nitrogens with zero attached hydrogens (tertiary/aromatic N) is 2. The van der Waals surface area contributed by atoms with Gasteiger partial charge in [-0.1, -0.05) is 36.4 Å². The lowest BCUT2D eigenvalue weighted by atomic mass is 10.0. The molecular formula is C27H23N3O4. The predicted octanol–water partition coefficient (Wildman–Crippen LogP) is 3.36. The van der Waals surface area contributed by atoms with Crippen LogP contribution in [0, 0.1) is 0 Å². The second kappa shape index (κ2) is 8.86. The molecule has 34 heavy (non-hydrogen) atoms. The fraction of sp³-hybridized carbons (Fsp3) is 0.148. The molecule has 170 valence electrons. The minimum absolute atomic E-state index is 0.0152. The molecule has 7 heteroatoms. The number of carbonyl (C=O) groups excluding carboxylic acids is 3. The normalized spacial score (nSPS) is 16.4. The fourth-order valence-corrected chi connectivity index (χ4v) is 4.27. The minimum atomic E-state index is -0.654. The second-order valence-electron chi connectivity index (χ2n) is 8.22. The molecule has 0 radical (unpaired) electrons. The highest BCUT2D eigenvalue weighted by Crippen LogP contribution is 2.35. The van der Waals surface area contributed by atoms with Crippen molar-refractivity contribution >= 4 is 29.4 Å². The summed E-state index contributed by atoms with van der Waals surface area (Å²) in [7, 11) is 0. The van der Waals surface area contributed by atoms with Crippen LogP contribution in [0.15, 0.2) is 78.6 Å². The topological polar surface area (TPSA) is 92.9 Å². The Kier molecular flexibility index (Phi) is 5.59. The first kappa shape index (κ1) is 21.5. The number of fused-ring (bicyclic) bond motifs is 1. The van der Waals surface area contributed by atoms with Gasteiger partial charge >= 0.3 is 0 Å². The van der Waals surface area contributed by atoms with Crippen molar-refractivity contribution in [1.29, 1.82) is 0 Å². The molecule has 2 amide bonds. The summed E-state index contributed by atoms with van der Waals surface area (Å²) < 4.78 is 5.67. The van der Waals surface area contributed by atoms with Crippen LogP contribution in [0.25, 0.3) is 6.08 Å². The molecular weight excluding hydrogens is 430 g/mol. The van der Waals surface area contributed by atoms with E-state index in [4.69, 9.17) is 10.5 Å². The van der Waals surface area contributed by atoms with E-state index in [2.05, 4.69) is 17.0 Å². The van der Waals surface area contributed by atoms with Gasteiger partial charge in [-0.3, -0.25) is 14.4 Å². The molecule has 0 saturated carbocycles. The summed E-state index contributed by atoms with van der Waals surface area (Å²) in [6.07, 6.45) is 1.60. The van der Waals surface area contributed by atoms with E-state index in [0.717, 1.165) is 13.1 Å². The van der Waals surface area contributed by atoms with E-state index in [0.29, 0.717) is 29.8 Å². The van der Waals surface area contributed by atoms with Crippen LogP contribution in [-0.4, -0.2) is 48.7 Å². The number of ether oxygens (including phenoxy) is 1. The second-order valence-corrected chi connectivity index (χ2v) is 8.22. The fourth-order valence-electron chi connectivity index (χ4n) is 4.27. The first-order chi connectivity index (χ1) is 16.5. The van der Waals surface area contributed by atoms with E-state index in [1.54, 1.807) is 42.5 Å². The molecule has 1 saturated heterocycles. The predicted molar refractivity (Wildman–Crippen MR) is 129 cm³/mol. The summed E-state index contributed by atoms with van der Waals surface area (Å²) in [5.41, 5.74) is 8.33. The van der Waals surface area contributed by atoms with E-state index in [9.17, 15) is 14.4 Å². The van der Waals surface area contributed by atoms with Gasteiger partial charge in [-0.2, -0.15) is 0 Å². The van der Waals surface area contributed by atoms with Gasteiger partial charge in [-0.05, 0) is 48.0 Å². The Morgan fingerprint density at radius 2 is 1.56 bits per heavy atom. The van der Waals surface area contributed by atoms with Crippen LogP contribution in [0.3, 0.4) is 0 Å². The zero-order valence-corrected chi connectivity index (χ0v) is 18.4. The number of ketones is 1. The number of hydrogen-bond acceptors (Lipinski definition) is 5. The molecule has 0 unspecified atom stereocenters. The Morgan fingerprint density at radius 3 is 2.24 bits per heavy atom. The quantitative estimate of drug-likeness (QED) is 0.612. The van der Waals surface area contributed by atoms with E-state index in [1.807, 2.05) is 23.1 Å². The lowest BCUT2D eigenvalue weighted by Crippen LogP contribution is -2.48. The van der Waals surface area contributed by atoms with Crippen LogP contribution in [0.5, 0.6) is 5.75 Å². The molecule has 2 aliphatic rings. The van der Waals surface area contributed by atoms with Gasteiger partial charge in [-0.15, -0.1) is 0 Å². The Bertz CT molecular complexity index is 1290. The monoisotopic (exact) mass is 453 g/mol. The molecule has 1 fully saturated rings. The van der Waals surface area contributed by atoms with Gasteiger partial charge in [-0.25, -0.2) is 0 Å². The van der Waals surface area contributed by atoms with Crippen molar-refractivity contribution in [2.24, 2.45) is 5.73 Å². The van der Waals surface area contributed by atoms with E-state index in [1.165, 1.54) is 11.8 Å². The maximum atomic E-state index is 13.0. The van der Waals surface area contributed by atoms with Crippen molar-refractivity contribution in [3.05, 3.63) is 101 Å². The number of carbonyl (C=O) groups is 3. The lowest BCUT2D eigenvalue weighted by Gasteiger charge is -2.36. The molecule has 0 spiro atoms. The SMILES string of the molecule is NC(=O)c1cccc2c1O/C(=C\c1ccc(C(=O)N3CCN(c4ccccc4)CC3)cc1)C2=O. The van der Waals surface area contributed by atoms with Crippen molar-refractivity contribution in [3.63, 3.8) is 0 Å². The number of hydrogen-bond donors (Lipinski definition) is 1. The lowest BCUT2D eigenvalue weighted by molar-refractivity contribution is 0.0746. The zero-order valence-electron chi connectivity index (χ0n) is 18.4. The first-order valence-electron chi connectivity index (χ1n) is 11.1. The van der Waals surface area contributed by atoms with Crippen LogP contribution in [-0.2, 0) is 0 Å². The van der Waals surface area contributed by atoms with Crippen molar-refractivity contribution < 1.29 is 19.1 Å². The molecule has 2 heterocycles. The Morgan fingerprint density at radius 1 is 0.853 bits per heavy atom. The van der Waals surface area contributed by atoms with Crippen LogP contribution in [0.4, 0.5) is 5.69 Å². The molecule has 2 aliphatic heterocycles. The van der Waals surface area contributed by atoms with Crippen molar-refractivity contribution in [2.75, 3.05) is 31.1 Å². The average Bonchev–Trinajstić information content (AvgIpc) is 3.19. The number of para-hydroxylation sites is 2.